The lowest BCUT2D eigenvalue weighted by atomic mass is 10.2. The van der Waals surface area contributed by atoms with E-state index in [4.69, 9.17) is 4.74 Å². The van der Waals surface area contributed by atoms with Gasteiger partial charge in [0.1, 0.15) is 12.1 Å². The topological polar surface area (TPSA) is 58.6 Å². The van der Waals surface area contributed by atoms with E-state index >= 15 is 0 Å². The highest BCUT2D eigenvalue weighted by atomic mass is 16.6. The molecule has 1 saturated heterocycles. The number of fused-ring (bicyclic) bond motifs is 1. The minimum atomic E-state index is -0.232. The number of carbonyl (C=O) groups is 1. The Hall–Kier alpha value is -2.37. The zero-order chi connectivity index (χ0) is 14.7. The maximum absolute atomic E-state index is 11.7. The van der Waals surface area contributed by atoms with Crippen molar-refractivity contribution in [2.75, 3.05) is 37.7 Å². The SMILES string of the molecule is CCOC(=O)N1CCN(c2ncnc3ccccc23)CC1. The normalized spacial score (nSPS) is 15.3. The first-order chi connectivity index (χ1) is 10.3. The highest BCUT2D eigenvalue weighted by Gasteiger charge is 2.23. The van der Waals surface area contributed by atoms with Crippen molar-refractivity contribution >= 4 is 22.8 Å². The number of rotatable bonds is 2. The summed E-state index contributed by atoms with van der Waals surface area (Å²) in [4.78, 5) is 24.3. The Labute approximate surface area is 123 Å². The maximum atomic E-state index is 11.7. The quantitative estimate of drug-likeness (QED) is 0.844. The maximum Gasteiger partial charge on any atom is 0.409 e. The van der Waals surface area contributed by atoms with Gasteiger partial charge in [-0.2, -0.15) is 0 Å². The molecule has 6 nitrogen and oxygen atoms in total. The van der Waals surface area contributed by atoms with Gasteiger partial charge in [0.2, 0.25) is 0 Å². The number of para-hydroxylation sites is 1. The third kappa shape index (κ3) is 2.74. The van der Waals surface area contributed by atoms with Crippen LogP contribution in [0.2, 0.25) is 0 Å². The summed E-state index contributed by atoms with van der Waals surface area (Å²) in [5.41, 5.74) is 0.940. The van der Waals surface area contributed by atoms with Crippen molar-refractivity contribution in [1.29, 1.82) is 0 Å². The fourth-order valence-corrected chi connectivity index (χ4v) is 2.56. The number of ether oxygens (including phenoxy) is 1. The predicted octanol–water partition coefficient (Wildman–Crippen LogP) is 1.91. The predicted molar refractivity (Wildman–Crippen MR) is 80.3 cm³/mol. The first-order valence-electron chi connectivity index (χ1n) is 7.16. The molecule has 1 amide bonds. The molecule has 1 aliphatic rings. The lowest BCUT2D eigenvalue weighted by Crippen LogP contribution is -2.49. The van der Waals surface area contributed by atoms with Crippen LogP contribution >= 0.6 is 0 Å². The van der Waals surface area contributed by atoms with E-state index in [9.17, 15) is 4.79 Å². The Morgan fingerprint density at radius 3 is 2.71 bits per heavy atom. The summed E-state index contributed by atoms with van der Waals surface area (Å²) < 4.78 is 5.04. The third-order valence-corrected chi connectivity index (χ3v) is 3.63. The number of benzene rings is 1. The molecule has 0 atom stereocenters. The molecule has 0 bridgehead atoms. The Morgan fingerprint density at radius 2 is 1.95 bits per heavy atom. The van der Waals surface area contributed by atoms with Gasteiger partial charge in [-0.05, 0) is 19.1 Å². The Bertz CT molecular complexity index is 633. The first-order valence-corrected chi connectivity index (χ1v) is 7.16. The Kier molecular flexibility index (Phi) is 3.85. The summed E-state index contributed by atoms with van der Waals surface area (Å²) in [6.45, 7) is 5.03. The molecule has 2 heterocycles. The van der Waals surface area contributed by atoms with Crippen LogP contribution < -0.4 is 4.90 Å². The molecule has 6 heteroatoms. The average molecular weight is 286 g/mol. The second-order valence-corrected chi connectivity index (χ2v) is 4.89. The molecular formula is C15H18N4O2. The van der Waals surface area contributed by atoms with E-state index in [0.717, 1.165) is 29.8 Å². The molecule has 0 saturated carbocycles. The summed E-state index contributed by atoms with van der Waals surface area (Å²) in [5.74, 6) is 0.934. The van der Waals surface area contributed by atoms with Gasteiger partial charge in [-0.25, -0.2) is 14.8 Å². The van der Waals surface area contributed by atoms with Crippen molar-refractivity contribution < 1.29 is 9.53 Å². The van der Waals surface area contributed by atoms with Crippen molar-refractivity contribution in [3.63, 3.8) is 0 Å². The number of anilines is 1. The molecule has 2 aromatic rings. The minimum Gasteiger partial charge on any atom is -0.450 e. The van der Waals surface area contributed by atoms with Gasteiger partial charge >= 0.3 is 6.09 Å². The van der Waals surface area contributed by atoms with Gasteiger partial charge < -0.3 is 14.5 Å². The van der Waals surface area contributed by atoms with Crippen LogP contribution in [0.5, 0.6) is 0 Å². The molecule has 110 valence electrons. The summed E-state index contributed by atoms with van der Waals surface area (Å²) in [7, 11) is 0. The smallest absolute Gasteiger partial charge is 0.409 e. The van der Waals surface area contributed by atoms with Crippen molar-refractivity contribution in [3.8, 4) is 0 Å². The van der Waals surface area contributed by atoms with Gasteiger partial charge in [0.05, 0.1) is 12.1 Å². The molecule has 0 spiro atoms. The molecule has 0 unspecified atom stereocenters. The van der Waals surface area contributed by atoms with E-state index < -0.39 is 0 Å². The van der Waals surface area contributed by atoms with Crippen molar-refractivity contribution in [2.24, 2.45) is 0 Å². The van der Waals surface area contributed by atoms with E-state index in [1.54, 1.807) is 11.2 Å². The van der Waals surface area contributed by atoms with Gasteiger partial charge in [0.25, 0.3) is 0 Å². The molecule has 1 aromatic carbocycles. The highest BCUT2D eigenvalue weighted by molar-refractivity contribution is 5.89. The number of piperazine rings is 1. The Balaban J connectivity index is 1.76. The fourth-order valence-electron chi connectivity index (χ4n) is 2.56. The lowest BCUT2D eigenvalue weighted by molar-refractivity contribution is 0.105. The van der Waals surface area contributed by atoms with Crippen LogP contribution in [0.15, 0.2) is 30.6 Å². The van der Waals surface area contributed by atoms with Crippen LogP contribution in [-0.2, 0) is 4.74 Å². The van der Waals surface area contributed by atoms with Crippen LogP contribution in [0, 0.1) is 0 Å². The second-order valence-electron chi connectivity index (χ2n) is 4.89. The largest absolute Gasteiger partial charge is 0.450 e. The molecule has 1 fully saturated rings. The van der Waals surface area contributed by atoms with Crippen molar-refractivity contribution in [1.82, 2.24) is 14.9 Å². The molecule has 21 heavy (non-hydrogen) atoms. The molecular weight excluding hydrogens is 268 g/mol. The van der Waals surface area contributed by atoms with Crippen LogP contribution in [0.3, 0.4) is 0 Å². The van der Waals surface area contributed by atoms with Crippen LogP contribution in [0.1, 0.15) is 6.92 Å². The number of hydrogen-bond acceptors (Lipinski definition) is 5. The molecule has 0 aliphatic carbocycles. The Morgan fingerprint density at radius 1 is 1.19 bits per heavy atom. The zero-order valence-corrected chi connectivity index (χ0v) is 12.0. The summed E-state index contributed by atoms with van der Waals surface area (Å²) >= 11 is 0. The number of hydrogen-bond donors (Lipinski definition) is 0. The molecule has 3 rings (SSSR count). The fraction of sp³-hybridized carbons (Fsp3) is 0.400. The first kappa shape index (κ1) is 13.6. The van der Waals surface area contributed by atoms with Gasteiger partial charge in [-0.1, -0.05) is 12.1 Å². The third-order valence-electron chi connectivity index (χ3n) is 3.63. The van der Waals surface area contributed by atoms with E-state index in [0.29, 0.717) is 19.7 Å². The molecule has 0 N–H and O–H groups in total. The van der Waals surface area contributed by atoms with Gasteiger partial charge in [-0.15, -0.1) is 0 Å². The number of carbonyl (C=O) groups excluding carboxylic acids is 1. The van der Waals surface area contributed by atoms with Crippen molar-refractivity contribution in [3.05, 3.63) is 30.6 Å². The van der Waals surface area contributed by atoms with Crippen LogP contribution in [0.25, 0.3) is 10.9 Å². The van der Waals surface area contributed by atoms with Gasteiger partial charge in [0, 0.05) is 31.6 Å². The number of nitrogens with zero attached hydrogens (tertiary/aromatic N) is 4. The number of aromatic nitrogens is 2. The second kappa shape index (κ2) is 5.95. The van der Waals surface area contributed by atoms with Crippen LogP contribution in [0.4, 0.5) is 10.6 Å². The van der Waals surface area contributed by atoms with Crippen molar-refractivity contribution in [2.45, 2.75) is 6.92 Å². The zero-order valence-electron chi connectivity index (χ0n) is 12.0. The molecule has 1 aromatic heterocycles. The standard InChI is InChI=1S/C15H18N4O2/c1-2-21-15(20)19-9-7-18(8-10-19)14-12-5-3-4-6-13(12)16-11-17-14/h3-6,11H,2,7-10H2,1H3. The summed E-state index contributed by atoms with van der Waals surface area (Å²) in [5, 5.41) is 1.05. The monoisotopic (exact) mass is 286 g/mol. The summed E-state index contributed by atoms with van der Waals surface area (Å²) in [6.07, 6.45) is 1.36. The average Bonchev–Trinajstić information content (AvgIpc) is 2.55. The van der Waals surface area contributed by atoms with E-state index in [1.165, 1.54) is 0 Å². The van der Waals surface area contributed by atoms with Gasteiger partial charge in [0.15, 0.2) is 0 Å². The van der Waals surface area contributed by atoms with Gasteiger partial charge in [-0.3, -0.25) is 0 Å². The minimum absolute atomic E-state index is 0.232. The lowest BCUT2D eigenvalue weighted by Gasteiger charge is -2.35. The molecule has 0 radical (unpaired) electrons. The molecule has 1 aliphatic heterocycles. The van der Waals surface area contributed by atoms with E-state index in [-0.39, 0.29) is 6.09 Å². The number of amides is 1. The van der Waals surface area contributed by atoms with Crippen LogP contribution in [-0.4, -0.2) is 53.7 Å². The van der Waals surface area contributed by atoms with E-state index in [2.05, 4.69) is 14.9 Å². The van der Waals surface area contributed by atoms with E-state index in [1.807, 2.05) is 31.2 Å². The highest BCUT2D eigenvalue weighted by Crippen LogP contribution is 2.23. The summed E-state index contributed by atoms with van der Waals surface area (Å²) in [6, 6.07) is 7.97.